The molecule has 6 heteroatoms. The molecule has 0 spiro atoms. The molecule has 0 N–H and O–H groups in total. The van der Waals surface area contributed by atoms with Gasteiger partial charge >= 0.3 is 0 Å². The van der Waals surface area contributed by atoms with E-state index in [-0.39, 0.29) is 11.8 Å². The largest absolute Gasteiger partial charge is 0.341 e. The van der Waals surface area contributed by atoms with Crippen LogP contribution in [0.4, 0.5) is 0 Å². The van der Waals surface area contributed by atoms with Gasteiger partial charge in [0.2, 0.25) is 15.9 Å². The van der Waals surface area contributed by atoms with E-state index in [1.54, 1.807) is 18.2 Å². The monoisotopic (exact) mass is 364 g/mol. The minimum Gasteiger partial charge on any atom is -0.341 e. The van der Waals surface area contributed by atoms with Gasteiger partial charge in [-0.3, -0.25) is 4.79 Å². The third-order valence-corrected chi connectivity index (χ3v) is 7.24. The molecule has 1 aliphatic carbocycles. The van der Waals surface area contributed by atoms with Crippen molar-refractivity contribution in [1.29, 1.82) is 0 Å². The molecule has 1 heterocycles. The molecule has 2 aliphatic rings. The highest BCUT2D eigenvalue weighted by molar-refractivity contribution is 7.89. The van der Waals surface area contributed by atoms with Crippen LogP contribution in [0.15, 0.2) is 29.2 Å². The number of hydrogen-bond donors (Lipinski definition) is 0. The number of benzene rings is 1. The molecule has 0 unspecified atom stereocenters. The van der Waals surface area contributed by atoms with E-state index in [2.05, 4.69) is 0 Å². The van der Waals surface area contributed by atoms with Gasteiger partial charge in [0.15, 0.2) is 0 Å². The fraction of sp³-hybridized carbons (Fsp3) is 0.632. The van der Waals surface area contributed by atoms with Crippen molar-refractivity contribution in [3.8, 4) is 0 Å². The average molecular weight is 365 g/mol. The molecule has 0 atom stereocenters. The van der Waals surface area contributed by atoms with Crippen molar-refractivity contribution in [3.63, 3.8) is 0 Å². The van der Waals surface area contributed by atoms with Crippen LogP contribution in [-0.2, 0) is 14.8 Å². The first-order valence-electron chi connectivity index (χ1n) is 9.34. The first-order valence-corrected chi connectivity index (χ1v) is 10.8. The molecule has 1 aliphatic heterocycles. The molecular weight excluding hydrogens is 336 g/mol. The Morgan fingerprint density at radius 3 is 2.48 bits per heavy atom. The summed E-state index contributed by atoms with van der Waals surface area (Å²) in [5.74, 6) is 0.378. The second-order valence-corrected chi connectivity index (χ2v) is 9.17. The molecule has 2 fully saturated rings. The van der Waals surface area contributed by atoms with Crippen LogP contribution in [-0.4, -0.2) is 49.7 Å². The topological polar surface area (TPSA) is 57.7 Å². The van der Waals surface area contributed by atoms with Crippen LogP contribution < -0.4 is 0 Å². The number of sulfonamides is 1. The average Bonchev–Trinajstić information content (AvgIpc) is 2.88. The summed E-state index contributed by atoms with van der Waals surface area (Å²) in [5, 5.41) is 0. The van der Waals surface area contributed by atoms with Gasteiger partial charge in [0.05, 0.1) is 4.90 Å². The predicted molar refractivity (Wildman–Crippen MR) is 97.7 cm³/mol. The molecule has 25 heavy (non-hydrogen) atoms. The van der Waals surface area contributed by atoms with Crippen molar-refractivity contribution in [2.24, 2.45) is 5.92 Å². The molecular formula is C19H28N2O3S. The van der Waals surface area contributed by atoms with Crippen LogP contribution in [0.5, 0.6) is 0 Å². The molecule has 0 bridgehead atoms. The molecule has 0 radical (unpaired) electrons. The number of rotatable bonds is 3. The highest BCUT2D eigenvalue weighted by Gasteiger charge is 2.31. The van der Waals surface area contributed by atoms with E-state index in [1.807, 2.05) is 17.9 Å². The first-order chi connectivity index (χ1) is 12.0. The van der Waals surface area contributed by atoms with Crippen molar-refractivity contribution in [1.82, 2.24) is 9.21 Å². The maximum Gasteiger partial charge on any atom is 0.243 e. The number of hydrogen-bond acceptors (Lipinski definition) is 3. The molecule has 1 amide bonds. The SMILES string of the molecule is Cc1cccc(S(=O)(=O)N2CCCN(C(=O)C3CCCCC3)CC2)c1. The summed E-state index contributed by atoms with van der Waals surface area (Å²) in [6, 6.07) is 7.04. The van der Waals surface area contributed by atoms with E-state index in [9.17, 15) is 13.2 Å². The summed E-state index contributed by atoms with van der Waals surface area (Å²) >= 11 is 0. The normalized spacial score (nSPS) is 21.1. The summed E-state index contributed by atoms with van der Waals surface area (Å²) in [6.45, 7) is 3.92. The van der Waals surface area contributed by atoms with Crippen molar-refractivity contribution < 1.29 is 13.2 Å². The number of nitrogens with zero attached hydrogens (tertiary/aromatic N) is 2. The fourth-order valence-corrected chi connectivity index (χ4v) is 5.46. The standard InChI is InChI=1S/C19H28N2O3S/c1-16-7-5-10-18(15-16)25(23,24)21-12-6-11-20(13-14-21)19(22)17-8-3-2-4-9-17/h5,7,10,15,17H,2-4,6,8-9,11-14H2,1H3. The number of carbonyl (C=O) groups excluding carboxylic acids is 1. The van der Waals surface area contributed by atoms with Gasteiger partial charge in [-0.1, -0.05) is 31.4 Å². The Hall–Kier alpha value is -1.40. The second kappa shape index (κ2) is 7.87. The van der Waals surface area contributed by atoms with E-state index < -0.39 is 10.0 Å². The number of amides is 1. The number of aryl methyl sites for hydroxylation is 1. The fourth-order valence-electron chi connectivity index (χ4n) is 3.89. The molecule has 138 valence electrons. The third-order valence-electron chi connectivity index (χ3n) is 5.35. The summed E-state index contributed by atoms with van der Waals surface area (Å²) in [4.78, 5) is 15.0. The van der Waals surface area contributed by atoms with Crippen molar-refractivity contribution in [2.45, 2.75) is 50.3 Å². The van der Waals surface area contributed by atoms with Crippen LogP contribution in [0.1, 0.15) is 44.1 Å². The van der Waals surface area contributed by atoms with Gasteiger partial charge < -0.3 is 4.90 Å². The lowest BCUT2D eigenvalue weighted by Gasteiger charge is -2.28. The molecule has 1 aromatic carbocycles. The maximum atomic E-state index is 12.9. The highest BCUT2D eigenvalue weighted by Crippen LogP contribution is 2.26. The minimum absolute atomic E-state index is 0.147. The minimum atomic E-state index is -3.49. The van der Waals surface area contributed by atoms with Crippen molar-refractivity contribution in [3.05, 3.63) is 29.8 Å². The Labute approximate surface area is 151 Å². The number of carbonyl (C=O) groups is 1. The van der Waals surface area contributed by atoms with Crippen molar-refractivity contribution >= 4 is 15.9 Å². The van der Waals surface area contributed by atoms with Gasteiger partial charge in [0.25, 0.3) is 0 Å². The zero-order chi connectivity index (χ0) is 17.9. The zero-order valence-electron chi connectivity index (χ0n) is 15.0. The Bertz CT molecular complexity index is 711. The predicted octanol–water partition coefficient (Wildman–Crippen LogP) is 2.80. The second-order valence-electron chi connectivity index (χ2n) is 7.23. The Kier molecular flexibility index (Phi) is 5.79. The van der Waals surface area contributed by atoms with E-state index in [1.165, 1.54) is 10.7 Å². The lowest BCUT2D eigenvalue weighted by molar-refractivity contribution is -0.136. The van der Waals surface area contributed by atoms with Crippen LogP contribution in [0.3, 0.4) is 0 Å². The van der Waals surface area contributed by atoms with Crippen LogP contribution in [0, 0.1) is 12.8 Å². The van der Waals surface area contributed by atoms with Gasteiger partial charge in [0, 0.05) is 32.1 Å². The van der Waals surface area contributed by atoms with Gasteiger partial charge in [-0.05, 0) is 43.9 Å². The Morgan fingerprint density at radius 1 is 1.00 bits per heavy atom. The Morgan fingerprint density at radius 2 is 1.76 bits per heavy atom. The van der Waals surface area contributed by atoms with Gasteiger partial charge in [-0.25, -0.2) is 8.42 Å². The summed E-state index contributed by atoms with van der Waals surface area (Å²) in [7, 11) is -3.49. The summed E-state index contributed by atoms with van der Waals surface area (Å²) < 4.78 is 27.3. The lowest BCUT2D eigenvalue weighted by atomic mass is 9.88. The zero-order valence-corrected chi connectivity index (χ0v) is 15.8. The molecule has 1 saturated carbocycles. The summed E-state index contributed by atoms with van der Waals surface area (Å²) in [5.41, 5.74) is 0.935. The van der Waals surface area contributed by atoms with E-state index in [0.717, 1.165) is 31.2 Å². The van der Waals surface area contributed by atoms with E-state index >= 15 is 0 Å². The highest BCUT2D eigenvalue weighted by atomic mass is 32.2. The first kappa shape index (κ1) is 18.4. The Balaban J connectivity index is 1.67. The van der Waals surface area contributed by atoms with E-state index in [0.29, 0.717) is 37.5 Å². The molecule has 1 saturated heterocycles. The molecule has 5 nitrogen and oxygen atoms in total. The van der Waals surface area contributed by atoms with Crippen LogP contribution in [0.25, 0.3) is 0 Å². The smallest absolute Gasteiger partial charge is 0.243 e. The van der Waals surface area contributed by atoms with E-state index in [4.69, 9.17) is 0 Å². The van der Waals surface area contributed by atoms with Crippen LogP contribution in [0.2, 0.25) is 0 Å². The molecule has 1 aromatic rings. The van der Waals surface area contributed by atoms with Crippen molar-refractivity contribution in [2.75, 3.05) is 26.2 Å². The van der Waals surface area contributed by atoms with Gasteiger partial charge in [0.1, 0.15) is 0 Å². The summed E-state index contributed by atoms with van der Waals surface area (Å²) in [6.07, 6.45) is 6.17. The molecule has 0 aromatic heterocycles. The van der Waals surface area contributed by atoms with Gasteiger partial charge in [-0.2, -0.15) is 4.31 Å². The molecule has 3 rings (SSSR count). The lowest BCUT2D eigenvalue weighted by Crippen LogP contribution is -2.40. The quantitative estimate of drug-likeness (QED) is 0.829. The van der Waals surface area contributed by atoms with Gasteiger partial charge in [-0.15, -0.1) is 0 Å². The third kappa shape index (κ3) is 4.23. The maximum absolute atomic E-state index is 12.9. The van der Waals surface area contributed by atoms with Crippen LogP contribution >= 0.6 is 0 Å².